The third-order valence-electron chi connectivity index (χ3n) is 5.19. The van der Waals surface area contributed by atoms with Gasteiger partial charge >= 0.3 is 0 Å². The van der Waals surface area contributed by atoms with Crippen LogP contribution in [0.15, 0.2) is 24.3 Å². The van der Waals surface area contributed by atoms with Gasteiger partial charge in [-0.15, -0.1) is 0 Å². The lowest BCUT2D eigenvalue weighted by Gasteiger charge is -2.36. The van der Waals surface area contributed by atoms with Crippen LogP contribution in [0.3, 0.4) is 0 Å². The number of rotatable bonds is 4. The number of ether oxygens (including phenoxy) is 1. The molecule has 1 aromatic heterocycles. The first-order valence-corrected chi connectivity index (χ1v) is 8.68. The third kappa shape index (κ3) is 2.80. The Morgan fingerprint density at radius 2 is 2.12 bits per heavy atom. The van der Waals surface area contributed by atoms with Crippen LogP contribution in [0.5, 0.6) is 0 Å². The van der Waals surface area contributed by atoms with E-state index in [1.807, 2.05) is 29.2 Å². The lowest BCUT2D eigenvalue weighted by atomic mass is 10.0. The average Bonchev–Trinajstić information content (AvgIpc) is 3.38. The number of hydrogen-bond donors (Lipinski definition) is 1. The van der Waals surface area contributed by atoms with Crippen molar-refractivity contribution in [1.29, 1.82) is 0 Å². The molecule has 2 aromatic rings. The Kier molecular flexibility index (Phi) is 4.02. The molecule has 24 heavy (non-hydrogen) atoms. The average molecular weight is 328 g/mol. The van der Waals surface area contributed by atoms with E-state index < -0.39 is 0 Å². The fraction of sp³-hybridized carbons (Fsp3) is 0.556. The summed E-state index contributed by atoms with van der Waals surface area (Å²) in [4.78, 5) is 19.5. The van der Waals surface area contributed by atoms with Gasteiger partial charge < -0.3 is 19.9 Å². The lowest BCUT2D eigenvalue weighted by Crippen LogP contribution is -2.53. The van der Waals surface area contributed by atoms with Gasteiger partial charge in [-0.2, -0.15) is 0 Å². The summed E-state index contributed by atoms with van der Waals surface area (Å²) in [5, 5.41) is 0. The quantitative estimate of drug-likeness (QED) is 0.923. The number of nitrogens with two attached hydrogens (primary N) is 1. The molecule has 4 rings (SSSR count). The topological polar surface area (TPSA) is 73.4 Å². The highest BCUT2D eigenvalue weighted by Crippen LogP contribution is 2.40. The Balaban J connectivity index is 1.57. The molecule has 1 aliphatic carbocycles. The zero-order valence-corrected chi connectivity index (χ0v) is 14.0. The molecule has 2 N–H and O–H groups in total. The van der Waals surface area contributed by atoms with Crippen molar-refractivity contribution in [1.82, 2.24) is 14.5 Å². The molecule has 2 atom stereocenters. The SMILES string of the molecule is CO[C@H]1CN(C(=O)Cn2c(C3CC3)nc3ccccc32)CC[C@H]1N. The number of aromatic nitrogens is 2. The van der Waals surface area contributed by atoms with Gasteiger partial charge in [-0.3, -0.25) is 4.79 Å². The number of benzene rings is 1. The van der Waals surface area contributed by atoms with Crippen LogP contribution in [0.1, 0.15) is 31.0 Å². The van der Waals surface area contributed by atoms with Gasteiger partial charge in [-0.25, -0.2) is 4.98 Å². The summed E-state index contributed by atoms with van der Waals surface area (Å²) in [5.74, 6) is 1.68. The molecule has 1 saturated carbocycles. The van der Waals surface area contributed by atoms with Crippen LogP contribution in [-0.2, 0) is 16.1 Å². The van der Waals surface area contributed by atoms with Crippen molar-refractivity contribution in [2.45, 2.75) is 43.9 Å². The first-order chi connectivity index (χ1) is 11.7. The van der Waals surface area contributed by atoms with Crippen molar-refractivity contribution in [3.05, 3.63) is 30.1 Å². The van der Waals surface area contributed by atoms with Crippen molar-refractivity contribution in [2.75, 3.05) is 20.2 Å². The van der Waals surface area contributed by atoms with E-state index in [1.54, 1.807) is 7.11 Å². The summed E-state index contributed by atoms with van der Waals surface area (Å²) < 4.78 is 7.53. The van der Waals surface area contributed by atoms with Gasteiger partial charge in [0.1, 0.15) is 12.4 Å². The first kappa shape index (κ1) is 15.6. The van der Waals surface area contributed by atoms with Gasteiger partial charge in [0.25, 0.3) is 0 Å². The highest BCUT2D eigenvalue weighted by Gasteiger charge is 2.32. The molecule has 0 radical (unpaired) electrons. The van der Waals surface area contributed by atoms with Crippen molar-refractivity contribution in [2.24, 2.45) is 5.73 Å². The van der Waals surface area contributed by atoms with Gasteiger partial charge in [0, 0.05) is 32.2 Å². The van der Waals surface area contributed by atoms with Gasteiger partial charge in [-0.1, -0.05) is 12.1 Å². The van der Waals surface area contributed by atoms with E-state index in [1.165, 1.54) is 12.8 Å². The van der Waals surface area contributed by atoms with Crippen LogP contribution >= 0.6 is 0 Å². The molecule has 1 aliphatic heterocycles. The molecule has 6 nitrogen and oxygen atoms in total. The summed E-state index contributed by atoms with van der Waals surface area (Å²) in [6.07, 6.45) is 3.04. The van der Waals surface area contributed by atoms with E-state index in [2.05, 4.69) is 4.57 Å². The molecule has 2 fully saturated rings. The minimum Gasteiger partial charge on any atom is -0.378 e. The number of amides is 1. The van der Waals surface area contributed by atoms with E-state index in [0.29, 0.717) is 25.6 Å². The zero-order valence-electron chi connectivity index (χ0n) is 14.0. The van der Waals surface area contributed by atoms with Crippen LogP contribution in [0.4, 0.5) is 0 Å². The van der Waals surface area contributed by atoms with Gasteiger partial charge in [0.2, 0.25) is 5.91 Å². The number of fused-ring (bicyclic) bond motifs is 1. The van der Waals surface area contributed by atoms with Crippen LogP contribution in [-0.4, -0.2) is 52.7 Å². The number of imidazole rings is 1. The lowest BCUT2D eigenvalue weighted by molar-refractivity contribution is -0.135. The number of piperidine rings is 1. The first-order valence-electron chi connectivity index (χ1n) is 8.68. The van der Waals surface area contributed by atoms with Gasteiger partial charge in [0.05, 0.1) is 17.1 Å². The Hall–Kier alpha value is -1.92. The molecule has 2 aliphatic rings. The molecule has 6 heteroatoms. The summed E-state index contributed by atoms with van der Waals surface area (Å²) in [7, 11) is 1.66. The predicted molar refractivity (Wildman–Crippen MR) is 91.7 cm³/mol. The van der Waals surface area contributed by atoms with Crippen LogP contribution in [0.25, 0.3) is 11.0 Å². The molecular formula is C18H24N4O2. The summed E-state index contributed by atoms with van der Waals surface area (Å²) in [6, 6.07) is 8.07. The Morgan fingerprint density at radius 3 is 2.88 bits per heavy atom. The highest BCUT2D eigenvalue weighted by molar-refractivity contribution is 5.81. The van der Waals surface area contributed by atoms with E-state index in [0.717, 1.165) is 23.3 Å². The van der Waals surface area contributed by atoms with Crippen LogP contribution < -0.4 is 5.73 Å². The molecule has 1 aromatic carbocycles. The highest BCUT2D eigenvalue weighted by atomic mass is 16.5. The van der Waals surface area contributed by atoms with Crippen molar-refractivity contribution >= 4 is 16.9 Å². The molecule has 2 heterocycles. The number of hydrogen-bond acceptors (Lipinski definition) is 4. The number of carbonyl (C=O) groups is 1. The summed E-state index contributed by atoms with van der Waals surface area (Å²) in [5.41, 5.74) is 8.08. The standard InChI is InChI=1S/C18H24N4O2/c1-24-16-10-21(9-8-13(16)19)17(23)11-22-15-5-3-2-4-14(15)20-18(22)12-6-7-12/h2-5,12-13,16H,6-11,19H2,1H3/t13-,16+/m1/s1. The number of likely N-dealkylation sites (tertiary alicyclic amines) is 1. The van der Waals surface area contributed by atoms with E-state index in [-0.39, 0.29) is 18.1 Å². The van der Waals surface area contributed by atoms with Crippen LogP contribution in [0.2, 0.25) is 0 Å². The molecule has 0 unspecified atom stereocenters. The minimum atomic E-state index is -0.0786. The maximum Gasteiger partial charge on any atom is 0.242 e. The van der Waals surface area contributed by atoms with Crippen molar-refractivity contribution in [3.8, 4) is 0 Å². The normalized spacial score (nSPS) is 24.5. The molecular weight excluding hydrogens is 304 g/mol. The number of para-hydroxylation sites is 2. The van der Waals surface area contributed by atoms with Crippen LogP contribution in [0, 0.1) is 0 Å². The van der Waals surface area contributed by atoms with Crippen molar-refractivity contribution < 1.29 is 9.53 Å². The monoisotopic (exact) mass is 328 g/mol. The number of carbonyl (C=O) groups excluding carboxylic acids is 1. The Labute approximate surface area is 141 Å². The fourth-order valence-electron chi connectivity index (χ4n) is 3.56. The largest absolute Gasteiger partial charge is 0.378 e. The minimum absolute atomic E-state index is 0.00940. The molecule has 1 amide bonds. The van der Waals surface area contributed by atoms with Gasteiger partial charge in [-0.05, 0) is 31.4 Å². The second kappa shape index (κ2) is 6.18. The number of nitrogens with zero attached hydrogens (tertiary/aromatic N) is 3. The third-order valence-corrected chi connectivity index (χ3v) is 5.19. The van der Waals surface area contributed by atoms with E-state index >= 15 is 0 Å². The summed E-state index contributed by atoms with van der Waals surface area (Å²) >= 11 is 0. The smallest absolute Gasteiger partial charge is 0.242 e. The molecule has 1 saturated heterocycles. The molecule has 0 bridgehead atoms. The molecule has 0 spiro atoms. The summed E-state index contributed by atoms with van der Waals surface area (Å²) in [6.45, 7) is 1.62. The maximum atomic E-state index is 12.9. The molecule has 128 valence electrons. The fourth-order valence-corrected chi connectivity index (χ4v) is 3.56. The second-order valence-electron chi connectivity index (χ2n) is 6.89. The van der Waals surface area contributed by atoms with Gasteiger partial charge in [0.15, 0.2) is 0 Å². The van der Waals surface area contributed by atoms with Crippen molar-refractivity contribution in [3.63, 3.8) is 0 Å². The van der Waals surface area contributed by atoms with E-state index in [4.69, 9.17) is 15.5 Å². The predicted octanol–water partition coefficient (Wildman–Crippen LogP) is 1.49. The second-order valence-corrected chi connectivity index (χ2v) is 6.89. The maximum absolute atomic E-state index is 12.9. The van der Waals surface area contributed by atoms with E-state index in [9.17, 15) is 4.79 Å². The zero-order chi connectivity index (χ0) is 16.7. The Morgan fingerprint density at radius 1 is 1.33 bits per heavy atom. The number of methoxy groups -OCH3 is 1. The Bertz CT molecular complexity index is 753.